The quantitative estimate of drug-likeness (QED) is 0.788. The van der Waals surface area contributed by atoms with E-state index in [0.29, 0.717) is 21.9 Å². The molecule has 1 aliphatic rings. The molecule has 1 aromatic carbocycles. The molecule has 1 amide bonds. The predicted octanol–water partition coefficient (Wildman–Crippen LogP) is 4.08. The van der Waals surface area contributed by atoms with Crippen LogP contribution in [0.1, 0.15) is 25.3 Å². The van der Waals surface area contributed by atoms with Crippen LogP contribution in [0, 0.1) is 0 Å². The summed E-state index contributed by atoms with van der Waals surface area (Å²) >= 11 is 6.75. The summed E-state index contributed by atoms with van der Waals surface area (Å²) < 4.78 is 0.706. The van der Waals surface area contributed by atoms with E-state index in [1.807, 2.05) is 37.3 Å². The van der Waals surface area contributed by atoms with Gasteiger partial charge in [-0.1, -0.05) is 43.7 Å². The molecular weight excluding hydrogens is 398 g/mol. The van der Waals surface area contributed by atoms with Gasteiger partial charge in [0, 0.05) is 5.57 Å². The number of carbonyl (C=O) groups is 1. The van der Waals surface area contributed by atoms with Crippen LogP contribution in [0.25, 0.3) is 0 Å². The SMILES string of the molecule is CCCC(O)C1=CC(=C(Br)Br)N(Cc2ccccc2)C1=O. The van der Waals surface area contributed by atoms with E-state index in [1.165, 1.54) is 0 Å². The normalized spacial score (nSPS) is 16.2. The van der Waals surface area contributed by atoms with E-state index in [-0.39, 0.29) is 5.91 Å². The van der Waals surface area contributed by atoms with E-state index < -0.39 is 6.10 Å². The summed E-state index contributed by atoms with van der Waals surface area (Å²) in [5, 5.41) is 10.1. The van der Waals surface area contributed by atoms with Crippen LogP contribution < -0.4 is 0 Å². The molecule has 0 bridgehead atoms. The molecule has 0 spiro atoms. The predicted molar refractivity (Wildman–Crippen MR) is 90.9 cm³/mol. The van der Waals surface area contributed by atoms with Gasteiger partial charge in [-0.3, -0.25) is 4.79 Å². The number of halogens is 2. The third-order valence-corrected chi connectivity index (χ3v) is 4.19. The Balaban J connectivity index is 2.27. The minimum atomic E-state index is -0.711. The second-order valence-electron chi connectivity index (χ2n) is 4.93. The third kappa shape index (κ3) is 3.84. The van der Waals surface area contributed by atoms with Crippen LogP contribution in [0.4, 0.5) is 0 Å². The maximum absolute atomic E-state index is 12.6. The molecule has 0 aromatic heterocycles. The number of carbonyl (C=O) groups excluding carboxylic acids is 1. The van der Waals surface area contributed by atoms with Gasteiger partial charge in [0.05, 0.1) is 21.7 Å². The molecule has 0 radical (unpaired) electrons. The summed E-state index contributed by atoms with van der Waals surface area (Å²) in [7, 11) is 0. The Labute approximate surface area is 141 Å². The number of aliphatic hydroxyl groups excluding tert-OH is 1. The van der Waals surface area contributed by atoms with Crippen LogP contribution in [0.3, 0.4) is 0 Å². The van der Waals surface area contributed by atoms with Crippen LogP contribution in [-0.4, -0.2) is 22.0 Å². The molecule has 1 atom stereocenters. The largest absolute Gasteiger partial charge is 0.388 e. The van der Waals surface area contributed by atoms with Crippen molar-refractivity contribution in [3.05, 3.63) is 56.6 Å². The first-order chi connectivity index (χ1) is 10.0. The van der Waals surface area contributed by atoms with Crippen molar-refractivity contribution in [3.63, 3.8) is 0 Å². The van der Waals surface area contributed by atoms with Gasteiger partial charge in [-0.05, 0) is 49.9 Å². The van der Waals surface area contributed by atoms with Gasteiger partial charge >= 0.3 is 0 Å². The summed E-state index contributed by atoms with van der Waals surface area (Å²) in [6, 6.07) is 9.80. The number of benzene rings is 1. The molecule has 21 heavy (non-hydrogen) atoms. The summed E-state index contributed by atoms with van der Waals surface area (Å²) in [4.78, 5) is 14.2. The first-order valence-corrected chi connectivity index (χ1v) is 8.44. The lowest BCUT2D eigenvalue weighted by Crippen LogP contribution is -2.28. The molecular formula is C16H17Br2NO2. The van der Waals surface area contributed by atoms with Gasteiger partial charge in [0.1, 0.15) is 0 Å². The minimum Gasteiger partial charge on any atom is -0.388 e. The van der Waals surface area contributed by atoms with Crippen molar-refractivity contribution >= 4 is 37.8 Å². The van der Waals surface area contributed by atoms with Gasteiger partial charge in [-0.15, -0.1) is 0 Å². The molecule has 1 N–H and O–H groups in total. The van der Waals surface area contributed by atoms with Gasteiger partial charge in [0.25, 0.3) is 5.91 Å². The highest BCUT2D eigenvalue weighted by Crippen LogP contribution is 2.33. The summed E-state index contributed by atoms with van der Waals surface area (Å²) in [5.41, 5.74) is 2.25. The van der Waals surface area contributed by atoms with Gasteiger partial charge < -0.3 is 10.0 Å². The summed E-state index contributed by atoms with van der Waals surface area (Å²) in [6.07, 6.45) is 2.46. The Hall–Kier alpha value is -0.910. The molecule has 5 heteroatoms. The second kappa shape index (κ2) is 7.38. The number of amides is 1. The van der Waals surface area contributed by atoms with Crippen LogP contribution in [0.15, 0.2) is 51.1 Å². The molecule has 3 nitrogen and oxygen atoms in total. The summed E-state index contributed by atoms with van der Waals surface area (Å²) in [5.74, 6) is -0.133. The van der Waals surface area contributed by atoms with Crippen molar-refractivity contribution in [3.8, 4) is 0 Å². The number of aliphatic hydroxyl groups is 1. The lowest BCUT2D eigenvalue weighted by molar-refractivity contribution is -0.125. The second-order valence-corrected chi connectivity index (χ2v) is 7.58. The first-order valence-electron chi connectivity index (χ1n) is 6.85. The highest BCUT2D eigenvalue weighted by Gasteiger charge is 2.32. The fraction of sp³-hybridized carbons (Fsp3) is 0.312. The van der Waals surface area contributed by atoms with Crippen molar-refractivity contribution in [2.24, 2.45) is 0 Å². The van der Waals surface area contributed by atoms with E-state index in [2.05, 4.69) is 31.9 Å². The number of rotatable bonds is 5. The molecule has 1 aliphatic heterocycles. The Kier molecular flexibility index (Phi) is 5.79. The van der Waals surface area contributed by atoms with Crippen molar-refractivity contribution in [1.29, 1.82) is 0 Å². The molecule has 0 saturated carbocycles. The lowest BCUT2D eigenvalue weighted by atomic mass is 10.1. The molecule has 1 heterocycles. The molecule has 0 aliphatic carbocycles. The molecule has 0 fully saturated rings. The van der Waals surface area contributed by atoms with Crippen LogP contribution in [-0.2, 0) is 11.3 Å². The zero-order chi connectivity index (χ0) is 15.4. The first kappa shape index (κ1) is 16.5. The molecule has 1 unspecified atom stereocenters. The molecule has 112 valence electrons. The van der Waals surface area contributed by atoms with Gasteiger partial charge in [-0.2, -0.15) is 0 Å². The number of hydrogen-bond acceptors (Lipinski definition) is 2. The molecule has 1 aromatic rings. The highest BCUT2D eigenvalue weighted by atomic mass is 79.9. The highest BCUT2D eigenvalue weighted by molar-refractivity contribution is 9.28. The molecule has 0 saturated heterocycles. The van der Waals surface area contributed by atoms with Crippen LogP contribution in [0.5, 0.6) is 0 Å². The van der Waals surface area contributed by atoms with Gasteiger partial charge in [0.15, 0.2) is 0 Å². The maximum Gasteiger partial charge on any atom is 0.257 e. The van der Waals surface area contributed by atoms with Crippen molar-refractivity contribution < 1.29 is 9.90 Å². The minimum absolute atomic E-state index is 0.133. The van der Waals surface area contributed by atoms with E-state index >= 15 is 0 Å². The average Bonchev–Trinajstić information content (AvgIpc) is 2.78. The maximum atomic E-state index is 12.6. The van der Waals surface area contributed by atoms with Gasteiger partial charge in [0.2, 0.25) is 0 Å². The monoisotopic (exact) mass is 413 g/mol. The fourth-order valence-electron chi connectivity index (χ4n) is 2.30. The van der Waals surface area contributed by atoms with Crippen molar-refractivity contribution in [2.75, 3.05) is 0 Å². The number of nitrogens with zero attached hydrogens (tertiary/aromatic N) is 1. The van der Waals surface area contributed by atoms with Crippen LogP contribution in [0.2, 0.25) is 0 Å². The number of allylic oxidation sites excluding steroid dienone is 1. The Morgan fingerprint density at radius 2 is 1.95 bits per heavy atom. The zero-order valence-electron chi connectivity index (χ0n) is 11.7. The third-order valence-electron chi connectivity index (χ3n) is 3.37. The molecule has 2 rings (SSSR count). The Bertz CT molecular complexity index is 577. The van der Waals surface area contributed by atoms with Gasteiger partial charge in [-0.25, -0.2) is 0 Å². The van der Waals surface area contributed by atoms with E-state index in [9.17, 15) is 9.90 Å². The summed E-state index contributed by atoms with van der Waals surface area (Å²) in [6.45, 7) is 2.47. The van der Waals surface area contributed by atoms with E-state index in [0.717, 1.165) is 17.7 Å². The van der Waals surface area contributed by atoms with Crippen molar-refractivity contribution in [1.82, 2.24) is 4.90 Å². The smallest absolute Gasteiger partial charge is 0.257 e. The standard InChI is InChI=1S/C16H17Br2NO2/c1-2-6-14(20)12-9-13(15(17)18)19(16(12)21)10-11-7-4-3-5-8-11/h3-5,7-9,14,20H,2,6,10H2,1H3. The van der Waals surface area contributed by atoms with Crippen LogP contribution >= 0.6 is 31.9 Å². The zero-order valence-corrected chi connectivity index (χ0v) is 14.9. The Morgan fingerprint density at radius 1 is 1.29 bits per heavy atom. The van der Waals surface area contributed by atoms with E-state index in [1.54, 1.807) is 11.0 Å². The topological polar surface area (TPSA) is 40.5 Å². The fourth-order valence-corrected chi connectivity index (χ4v) is 2.96. The van der Waals surface area contributed by atoms with E-state index in [4.69, 9.17) is 0 Å². The lowest BCUT2D eigenvalue weighted by Gasteiger charge is -2.20. The number of hydrogen-bond donors (Lipinski definition) is 1. The Morgan fingerprint density at radius 3 is 2.52 bits per heavy atom. The average molecular weight is 415 g/mol. The van der Waals surface area contributed by atoms with Crippen molar-refractivity contribution in [2.45, 2.75) is 32.4 Å².